The van der Waals surface area contributed by atoms with E-state index in [9.17, 15) is 20.0 Å². The lowest BCUT2D eigenvalue weighted by atomic mass is 10.1. The second kappa shape index (κ2) is 7.91. The molecule has 25 heavy (non-hydrogen) atoms. The summed E-state index contributed by atoms with van der Waals surface area (Å²) in [4.78, 5) is 22.0. The Balaban J connectivity index is 1.97. The lowest BCUT2D eigenvalue weighted by molar-refractivity contribution is -0.385. The fraction of sp³-hybridized carbons (Fsp3) is 0.176. The molecule has 0 heterocycles. The number of amides is 1. The summed E-state index contributed by atoms with van der Waals surface area (Å²) in [6.45, 7) is 3.48. The van der Waals surface area contributed by atoms with Crippen LogP contribution in [0.4, 0.5) is 5.69 Å². The van der Waals surface area contributed by atoms with Gasteiger partial charge in [-0.1, -0.05) is 30.3 Å². The minimum absolute atomic E-state index is 0.00784. The zero-order valence-corrected chi connectivity index (χ0v) is 13.7. The fourth-order valence-electron chi connectivity index (χ4n) is 2.17. The molecule has 8 nitrogen and oxygen atoms in total. The molecule has 8 heteroatoms. The van der Waals surface area contributed by atoms with Crippen LogP contribution in [-0.2, 0) is 4.79 Å². The molecule has 2 rings (SSSR count). The predicted octanol–water partition coefficient (Wildman–Crippen LogP) is 1.81. The van der Waals surface area contributed by atoms with Crippen molar-refractivity contribution in [2.24, 2.45) is 5.10 Å². The lowest BCUT2D eigenvalue weighted by Gasteiger charge is -2.10. The Morgan fingerprint density at radius 2 is 1.96 bits per heavy atom. The molecule has 0 spiro atoms. The molecule has 1 N–H and O–H groups in total. The second-order valence-electron chi connectivity index (χ2n) is 5.28. The van der Waals surface area contributed by atoms with Crippen LogP contribution >= 0.6 is 0 Å². The Morgan fingerprint density at radius 1 is 1.28 bits per heavy atom. The average molecular weight is 342 g/mol. The van der Waals surface area contributed by atoms with Crippen molar-refractivity contribution >= 4 is 17.8 Å². The summed E-state index contributed by atoms with van der Waals surface area (Å²) in [5.74, 6) is -0.298. The number of nitrogens with one attached hydrogen (secondary N) is 1. The number of benzene rings is 2. The average Bonchev–Trinajstić information content (AvgIpc) is 2.54. The quantitative estimate of drug-likeness (QED) is 0.488. The number of para-hydroxylation sites is 1. The summed E-state index contributed by atoms with van der Waals surface area (Å²) in [5.41, 5.74) is 3.74. The first-order valence-corrected chi connectivity index (χ1v) is 7.35. The van der Waals surface area contributed by atoms with Gasteiger partial charge in [-0.15, -0.1) is 5.75 Å². The van der Waals surface area contributed by atoms with E-state index in [1.165, 1.54) is 0 Å². The zero-order chi connectivity index (χ0) is 18.4. The van der Waals surface area contributed by atoms with E-state index in [-0.39, 0.29) is 17.9 Å². The van der Waals surface area contributed by atoms with Crippen LogP contribution in [0.3, 0.4) is 0 Å². The first kappa shape index (κ1) is 17.9. The van der Waals surface area contributed by atoms with E-state index in [1.807, 2.05) is 32.0 Å². The van der Waals surface area contributed by atoms with Crippen molar-refractivity contribution < 1.29 is 19.6 Å². The molecule has 0 unspecified atom stereocenters. The van der Waals surface area contributed by atoms with Crippen LogP contribution in [0.1, 0.15) is 16.7 Å². The van der Waals surface area contributed by atoms with Gasteiger partial charge in [0.1, 0.15) is 5.75 Å². The molecule has 2 aromatic rings. The lowest BCUT2D eigenvalue weighted by Crippen LogP contribution is -2.25. The Kier molecular flexibility index (Phi) is 5.67. The third-order valence-corrected chi connectivity index (χ3v) is 3.34. The maximum absolute atomic E-state index is 11.8. The van der Waals surface area contributed by atoms with Crippen molar-refractivity contribution in [1.29, 1.82) is 0 Å². The highest BCUT2D eigenvalue weighted by Gasteiger charge is 2.11. The molecule has 0 aliphatic rings. The topological polar surface area (TPSA) is 117 Å². The Bertz CT molecular complexity index is 813. The summed E-state index contributed by atoms with van der Waals surface area (Å²) in [7, 11) is 0. The molecule has 0 fully saturated rings. The van der Waals surface area contributed by atoms with Crippen molar-refractivity contribution in [2.45, 2.75) is 13.8 Å². The number of carbonyl (C=O) groups excluding carboxylic acids is 1. The van der Waals surface area contributed by atoms with Crippen LogP contribution in [0.2, 0.25) is 0 Å². The minimum atomic E-state index is -0.632. The zero-order valence-electron chi connectivity index (χ0n) is 13.7. The summed E-state index contributed by atoms with van der Waals surface area (Å²) in [6.07, 6.45) is 1.05. The van der Waals surface area contributed by atoms with Crippen LogP contribution < -0.4 is 15.3 Å². The van der Waals surface area contributed by atoms with Crippen molar-refractivity contribution in [3.63, 3.8) is 0 Å². The van der Waals surface area contributed by atoms with Gasteiger partial charge in [-0.3, -0.25) is 14.9 Å². The predicted molar refractivity (Wildman–Crippen MR) is 89.7 cm³/mol. The van der Waals surface area contributed by atoms with E-state index < -0.39 is 16.6 Å². The van der Waals surface area contributed by atoms with Gasteiger partial charge >= 0.3 is 0 Å². The van der Waals surface area contributed by atoms with Gasteiger partial charge in [-0.05, 0) is 25.0 Å². The van der Waals surface area contributed by atoms with Crippen LogP contribution in [0.25, 0.3) is 0 Å². The van der Waals surface area contributed by atoms with Gasteiger partial charge in [-0.25, -0.2) is 5.43 Å². The van der Waals surface area contributed by atoms with Crippen molar-refractivity contribution in [1.82, 2.24) is 5.43 Å². The first-order chi connectivity index (χ1) is 11.9. The smallest absolute Gasteiger partial charge is 0.278 e. The SMILES string of the molecule is Cc1cccc(C)c1OCC(=O)N/N=C\c1cc([O-])ccc1[N+](=O)[O-]. The number of nitro groups is 1. The van der Waals surface area contributed by atoms with E-state index >= 15 is 0 Å². The Hall–Kier alpha value is -3.42. The molecule has 0 aliphatic carbocycles. The molecule has 2 aromatic carbocycles. The Labute approximate surface area is 143 Å². The third-order valence-electron chi connectivity index (χ3n) is 3.34. The number of hydrazone groups is 1. The summed E-state index contributed by atoms with van der Waals surface area (Å²) < 4.78 is 5.47. The Morgan fingerprint density at radius 3 is 2.60 bits per heavy atom. The molecule has 0 bridgehead atoms. The molecule has 0 aliphatic heterocycles. The number of rotatable bonds is 6. The number of ether oxygens (including phenoxy) is 1. The highest BCUT2D eigenvalue weighted by atomic mass is 16.6. The normalized spacial score (nSPS) is 10.6. The van der Waals surface area contributed by atoms with E-state index in [0.29, 0.717) is 5.75 Å². The van der Waals surface area contributed by atoms with E-state index in [1.54, 1.807) is 0 Å². The van der Waals surface area contributed by atoms with Crippen molar-refractivity contribution in [3.05, 3.63) is 63.2 Å². The van der Waals surface area contributed by atoms with Crippen LogP contribution in [0, 0.1) is 24.0 Å². The van der Waals surface area contributed by atoms with Crippen LogP contribution in [0.15, 0.2) is 41.5 Å². The highest BCUT2D eigenvalue weighted by molar-refractivity contribution is 5.87. The highest BCUT2D eigenvalue weighted by Crippen LogP contribution is 2.22. The third kappa shape index (κ3) is 4.77. The van der Waals surface area contributed by atoms with Gasteiger partial charge in [-0.2, -0.15) is 5.10 Å². The standard InChI is InChI=1S/C17H17N3O5/c1-11-4-3-5-12(2)17(11)25-10-16(22)19-18-9-13-8-14(21)6-7-15(13)20(23)24/h3-9,21H,10H2,1-2H3,(H,19,22)/p-1/b18-9-. The largest absolute Gasteiger partial charge is 0.872 e. The maximum Gasteiger partial charge on any atom is 0.278 e. The van der Waals surface area contributed by atoms with Crippen LogP contribution in [-0.4, -0.2) is 23.7 Å². The minimum Gasteiger partial charge on any atom is -0.872 e. The number of hydrogen-bond donors (Lipinski definition) is 1. The molecule has 0 saturated carbocycles. The van der Waals surface area contributed by atoms with Crippen LogP contribution in [0.5, 0.6) is 11.5 Å². The number of nitrogens with zero attached hydrogens (tertiary/aromatic N) is 2. The molecule has 1 amide bonds. The van der Waals surface area contributed by atoms with E-state index in [4.69, 9.17) is 4.74 Å². The molecule has 0 saturated heterocycles. The van der Waals surface area contributed by atoms with Gasteiger partial charge in [0.2, 0.25) is 0 Å². The van der Waals surface area contributed by atoms with Crippen molar-refractivity contribution in [2.75, 3.05) is 6.61 Å². The molecular formula is C17H16N3O5-. The first-order valence-electron chi connectivity index (χ1n) is 7.35. The molecule has 130 valence electrons. The van der Waals surface area contributed by atoms with Gasteiger partial charge in [0.25, 0.3) is 11.6 Å². The summed E-state index contributed by atoms with van der Waals surface area (Å²) in [5, 5.41) is 25.8. The monoisotopic (exact) mass is 342 g/mol. The number of hydrogen-bond acceptors (Lipinski definition) is 6. The summed E-state index contributed by atoms with van der Waals surface area (Å²) >= 11 is 0. The molecule has 0 atom stereocenters. The molecule has 0 aromatic heterocycles. The van der Waals surface area contributed by atoms with Gasteiger partial charge in [0, 0.05) is 6.07 Å². The number of aryl methyl sites for hydroxylation is 2. The van der Waals surface area contributed by atoms with E-state index in [2.05, 4.69) is 10.5 Å². The van der Waals surface area contributed by atoms with Crippen molar-refractivity contribution in [3.8, 4) is 11.5 Å². The summed E-state index contributed by atoms with van der Waals surface area (Å²) in [6, 6.07) is 8.88. The fourth-order valence-corrected chi connectivity index (χ4v) is 2.17. The second-order valence-corrected chi connectivity index (χ2v) is 5.28. The number of nitro benzene ring substituents is 1. The van der Waals surface area contributed by atoms with Gasteiger partial charge < -0.3 is 9.84 Å². The van der Waals surface area contributed by atoms with E-state index in [0.717, 1.165) is 35.5 Å². The maximum atomic E-state index is 11.8. The molecule has 0 radical (unpaired) electrons. The van der Waals surface area contributed by atoms with Gasteiger partial charge in [0.05, 0.1) is 16.7 Å². The molecular weight excluding hydrogens is 326 g/mol. The number of carbonyl (C=O) groups is 1. The van der Waals surface area contributed by atoms with Gasteiger partial charge in [0.15, 0.2) is 6.61 Å².